The van der Waals surface area contributed by atoms with Crippen LogP contribution in [0.1, 0.15) is 23.6 Å². The Labute approximate surface area is 70.8 Å². The van der Waals surface area contributed by atoms with E-state index in [2.05, 4.69) is 10.3 Å². The molecule has 2 rings (SSSR count). The molecule has 0 saturated carbocycles. The fraction of sp³-hybridized carbons (Fsp3) is 0.444. The SMILES string of the molecule is Cc1cc(=O)[nH]cc1C1CCN1. The number of nitrogens with one attached hydrogen (secondary N) is 2. The first-order chi connectivity index (χ1) is 5.77. The molecule has 12 heavy (non-hydrogen) atoms. The molecule has 1 aliphatic heterocycles. The van der Waals surface area contributed by atoms with Crippen LogP contribution >= 0.6 is 0 Å². The molecule has 0 aromatic carbocycles. The van der Waals surface area contributed by atoms with Crippen molar-refractivity contribution in [2.45, 2.75) is 19.4 Å². The zero-order valence-electron chi connectivity index (χ0n) is 7.05. The van der Waals surface area contributed by atoms with Gasteiger partial charge < -0.3 is 10.3 Å². The van der Waals surface area contributed by atoms with Crippen molar-refractivity contribution < 1.29 is 0 Å². The Bertz CT molecular complexity index is 339. The van der Waals surface area contributed by atoms with Crippen molar-refractivity contribution in [1.29, 1.82) is 0 Å². The summed E-state index contributed by atoms with van der Waals surface area (Å²) in [6.45, 7) is 3.06. The third-order valence-corrected chi connectivity index (χ3v) is 2.37. The van der Waals surface area contributed by atoms with Crippen molar-refractivity contribution >= 4 is 0 Å². The van der Waals surface area contributed by atoms with Crippen LogP contribution in [0.15, 0.2) is 17.1 Å². The van der Waals surface area contributed by atoms with Crippen molar-refractivity contribution in [2.75, 3.05) is 6.54 Å². The van der Waals surface area contributed by atoms with Crippen molar-refractivity contribution in [2.24, 2.45) is 0 Å². The average Bonchev–Trinajstić information content (AvgIpc) is 1.91. The van der Waals surface area contributed by atoms with E-state index in [-0.39, 0.29) is 5.56 Å². The van der Waals surface area contributed by atoms with E-state index in [0.29, 0.717) is 6.04 Å². The molecule has 0 radical (unpaired) electrons. The Morgan fingerprint density at radius 1 is 1.58 bits per heavy atom. The Balaban J connectivity index is 2.37. The third kappa shape index (κ3) is 1.16. The van der Waals surface area contributed by atoms with E-state index in [1.165, 1.54) is 12.0 Å². The number of pyridine rings is 1. The second kappa shape index (κ2) is 2.75. The molecule has 1 aromatic rings. The standard InChI is InChI=1S/C9H12N2O/c1-6-4-9(12)11-5-7(6)8-2-3-10-8/h4-5,8,10H,2-3H2,1H3,(H,11,12). The smallest absolute Gasteiger partial charge is 0.248 e. The minimum absolute atomic E-state index is 0.0180. The zero-order valence-corrected chi connectivity index (χ0v) is 7.05. The first-order valence-electron chi connectivity index (χ1n) is 4.20. The molecule has 0 aliphatic carbocycles. The van der Waals surface area contributed by atoms with Crippen LogP contribution in [0, 0.1) is 6.92 Å². The summed E-state index contributed by atoms with van der Waals surface area (Å²) < 4.78 is 0. The summed E-state index contributed by atoms with van der Waals surface area (Å²) in [5.41, 5.74) is 2.28. The van der Waals surface area contributed by atoms with Gasteiger partial charge in [0, 0.05) is 18.3 Å². The molecule has 1 aromatic heterocycles. The molecule has 2 heterocycles. The molecule has 3 nitrogen and oxygen atoms in total. The summed E-state index contributed by atoms with van der Waals surface area (Å²) in [6, 6.07) is 2.11. The second-order valence-electron chi connectivity index (χ2n) is 3.23. The fourth-order valence-corrected chi connectivity index (χ4v) is 1.51. The quantitative estimate of drug-likeness (QED) is 0.642. The molecule has 1 unspecified atom stereocenters. The second-order valence-corrected chi connectivity index (χ2v) is 3.23. The van der Waals surface area contributed by atoms with Gasteiger partial charge in [0.15, 0.2) is 0 Å². The highest BCUT2D eigenvalue weighted by Crippen LogP contribution is 2.23. The lowest BCUT2D eigenvalue weighted by molar-refractivity contribution is 0.381. The normalized spacial score (nSPS) is 21.9. The lowest BCUT2D eigenvalue weighted by Gasteiger charge is -2.28. The van der Waals surface area contributed by atoms with Crippen molar-refractivity contribution in [3.63, 3.8) is 0 Å². The van der Waals surface area contributed by atoms with Gasteiger partial charge in [0.1, 0.15) is 0 Å². The van der Waals surface area contributed by atoms with E-state index in [1.807, 2.05) is 13.1 Å². The van der Waals surface area contributed by atoms with Gasteiger partial charge in [0.05, 0.1) is 0 Å². The molecule has 64 valence electrons. The minimum Gasteiger partial charge on any atom is -0.329 e. The minimum atomic E-state index is -0.0180. The monoisotopic (exact) mass is 164 g/mol. The predicted molar refractivity (Wildman–Crippen MR) is 47.2 cm³/mol. The molecular weight excluding hydrogens is 152 g/mol. The topological polar surface area (TPSA) is 44.9 Å². The van der Waals surface area contributed by atoms with Crippen LogP contribution in [0.25, 0.3) is 0 Å². The lowest BCUT2D eigenvalue weighted by atomic mass is 9.96. The maximum absolute atomic E-state index is 10.9. The van der Waals surface area contributed by atoms with Crippen molar-refractivity contribution in [3.05, 3.63) is 33.7 Å². The Hall–Kier alpha value is -1.09. The molecule has 1 fully saturated rings. The van der Waals surface area contributed by atoms with Gasteiger partial charge in [-0.3, -0.25) is 4.79 Å². The Kier molecular flexibility index (Phi) is 1.73. The molecule has 2 N–H and O–H groups in total. The van der Waals surface area contributed by atoms with E-state index >= 15 is 0 Å². The highest BCUT2D eigenvalue weighted by Gasteiger charge is 2.19. The number of aromatic nitrogens is 1. The largest absolute Gasteiger partial charge is 0.329 e. The molecule has 0 amide bonds. The maximum atomic E-state index is 10.9. The molecule has 1 saturated heterocycles. The number of rotatable bonds is 1. The summed E-state index contributed by atoms with van der Waals surface area (Å²) in [5, 5.41) is 3.30. The summed E-state index contributed by atoms with van der Waals surface area (Å²) >= 11 is 0. The molecule has 1 aliphatic rings. The summed E-state index contributed by atoms with van der Waals surface area (Å²) in [4.78, 5) is 13.6. The molecule has 0 spiro atoms. The zero-order chi connectivity index (χ0) is 8.55. The van der Waals surface area contributed by atoms with Gasteiger partial charge in [0.2, 0.25) is 5.56 Å². The average molecular weight is 164 g/mol. The van der Waals surface area contributed by atoms with Gasteiger partial charge in [-0.25, -0.2) is 0 Å². The third-order valence-electron chi connectivity index (χ3n) is 2.37. The van der Waals surface area contributed by atoms with E-state index in [0.717, 1.165) is 12.1 Å². The molecule has 1 atom stereocenters. The van der Waals surface area contributed by atoms with Gasteiger partial charge in [-0.2, -0.15) is 0 Å². The van der Waals surface area contributed by atoms with E-state index in [4.69, 9.17) is 0 Å². The van der Waals surface area contributed by atoms with Crippen LogP contribution in [-0.4, -0.2) is 11.5 Å². The van der Waals surface area contributed by atoms with Gasteiger partial charge in [-0.15, -0.1) is 0 Å². The first-order valence-corrected chi connectivity index (χ1v) is 4.20. The first kappa shape index (κ1) is 7.55. The van der Waals surface area contributed by atoms with Gasteiger partial charge >= 0.3 is 0 Å². The predicted octanol–water partition coefficient (Wildman–Crippen LogP) is 0.718. The Morgan fingerprint density at radius 2 is 2.33 bits per heavy atom. The van der Waals surface area contributed by atoms with E-state index in [9.17, 15) is 4.79 Å². The highest BCUT2D eigenvalue weighted by molar-refractivity contribution is 5.26. The number of hydrogen-bond acceptors (Lipinski definition) is 2. The van der Waals surface area contributed by atoms with Crippen LogP contribution < -0.4 is 10.9 Å². The summed E-state index contributed by atoms with van der Waals surface area (Å²) in [7, 11) is 0. The number of H-pyrrole nitrogens is 1. The van der Waals surface area contributed by atoms with E-state index < -0.39 is 0 Å². The van der Waals surface area contributed by atoms with Crippen molar-refractivity contribution in [1.82, 2.24) is 10.3 Å². The van der Waals surface area contributed by atoms with Crippen LogP contribution in [0.2, 0.25) is 0 Å². The van der Waals surface area contributed by atoms with Gasteiger partial charge in [-0.1, -0.05) is 0 Å². The number of aromatic amines is 1. The number of aryl methyl sites for hydroxylation is 1. The molecule has 0 bridgehead atoms. The molecule has 3 heteroatoms. The van der Waals surface area contributed by atoms with Crippen LogP contribution in [-0.2, 0) is 0 Å². The highest BCUT2D eigenvalue weighted by atomic mass is 16.1. The van der Waals surface area contributed by atoms with E-state index in [1.54, 1.807) is 6.07 Å². The van der Waals surface area contributed by atoms with Gasteiger partial charge in [-0.05, 0) is 31.0 Å². The molecular formula is C9H12N2O. The number of hydrogen-bond donors (Lipinski definition) is 2. The van der Waals surface area contributed by atoms with Gasteiger partial charge in [0.25, 0.3) is 0 Å². The lowest BCUT2D eigenvalue weighted by Crippen LogP contribution is -2.35. The summed E-state index contributed by atoms with van der Waals surface area (Å²) in [6.07, 6.45) is 2.99. The van der Waals surface area contributed by atoms with Crippen LogP contribution in [0.5, 0.6) is 0 Å². The van der Waals surface area contributed by atoms with Crippen LogP contribution in [0.3, 0.4) is 0 Å². The van der Waals surface area contributed by atoms with Crippen molar-refractivity contribution in [3.8, 4) is 0 Å². The van der Waals surface area contributed by atoms with Crippen LogP contribution in [0.4, 0.5) is 0 Å². The fourth-order valence-electron chi connectivity index (χ4n) is 1.51. The Morgan fingerprint density at radius 3 is 2.83 bits per heavy atom. The maximum Gasteiger partial charge on any atom is 0.248 e. The summed E-state index contributed by atoms with van der Waals surface area (Å²) in [5.74, 6) is 0.